The van der Waals surface area contributed by atoms with E-state index < -0.39 is 0 Å². The van der Waals surface area contributed by atoms with E-state index in [-0.39, 0.29) is 0 Å². The summed E-state index contributed by atoms with van der Waals surface area (Å²) in [5, 5.41) is 1.25. The molecule has 2 heterocycles. The lowest BCUT2D eigenvalue weighted by molar-refractivity contribution is 1.09. The molecule has 0 radical (unpaired) electrons. The first-order chi connectivity index (χ1) is 5.77. The van der Waals surface area contributed by atoms with Crippen LogP contribution in [0.3, 0.4) is 0 Å². The lowest BCUT2D eigenvalue weighted by Gasteiger charge is -1.97. The largest absolute Gasteiger partial charge is 0.244 e. The molecule has 2 aromatic heterocycles. The second kappa shape index (κ2) is 2.68. The van der Waals surface area contributed by atoms with Crippen LogP contribution in [0.25, 0.3) is 10.9 Å². The summed E-state index contributed by atoms with van der Waals surface area (Å²) in [5.74, 6) is 0.741. The summed E-state index contributed by atoms with van der Waals surface area (Å²) in [6.45, 7) is 1.84. The van der Waals surface area contributed by atoms with Gasteiger partial charge in [-0.15, -0.1) is 0 Å². The Morgan fingerprint density at radius 2 is 2.17 bits per heavy atom. The molecule has 2 aromatic rings. The summed E-state index contributed by atoms with van der Waals surface area (Å²) >= 11 is 5.82. The van der Waals surface area contributed by atoms with E-state index in [1.807, 2.05) is 13.0 Å². The smallest absolute Gasteiger partial charge is 0.139 e. The molecule has 0 amide bonds. The third-order valence-corrected chi connectivity index (χ3v) is 1.88. The second-order valence-corrected chi connectivity index (χ2v) is 2.81. The lowest BCUT2D eigenvalue weighted by Crippen LogP contribution is -1.88. The van der Waals surface area contributed by atoms with Crippen LogP contribution in [0.15, 0.2) is 18.5 Å². The van der Waals surface area contributed by atoms with Crippen molar-refractivity contribution in [2.75, 3.05) is 0 Å². The molecule has 2 rings (SSSR count). The molecule has 0 saturated carbocycles. The van der Waals surface area contributed by atoms with E-state index in [0.717, 1.165) is 16.7 Å². The Kier molecular flexibility index (Phi) is 1.66. The lowest BCUT2D eigenvalue weighted by atomic mass is 10.3. The number of fused-ring (bicyclic) bond motifs is 1. The van der Waals surface area contributed by atoms with Crippen molar-refractivity contribution in [3.05, 3.63) is 29.4 Å². The average Bonchev–Trinajstić information content (AvgIpc) is 2.04. The van der Waals surface area contributed by atoms with Gasteiger partial charge < -0.3 is 0 Å². The van der Waals surface area contributed by atoms with Crippen LogP contribution in [0.4, 0.5) is 0 Å². The minimum absolute atomic E-state index is 0.451. The van der Waals surface area contributed by atoms with Crippen molar-refractivity contribution in [3.8, 4) is 0 Å². The van der Waals surface area contributed by atoms with E-state index in [1.165, 1.54) is 0 Å². The van der Waals surface area contributed by atoms with Crippen LogP contribution >= 0.6 is 11.6 Å². The number of pyridine rings is 1. The van der Waals surface area contributed by atoms with Crippen LogP contribution < -0.4 is 0 Å². The Morgan fingerprint density at radius 1 is 1.33 bits per heavy atom. The first kappa shape index (κ1) is 7.43. The van der Waals surface area contributed by atoms with Gasteiger partial charge in [-0.2, -0.15) is 0 Å². The summed E-state index contributed by atoms with van der Waals surface area (Å²) in [6, 6.07) is 1.82. The van der Waals surface area contributed by atoms with Crippen molar-refractivity contribution in [1.29, 1.82) is 0 Å². The van der Waals surface area contributed by atoms with Crippen LogP contribution in [0.5, 0.6) is 0 Å². The molecule has 60 valence electrons. The quantitative estimate of drug-likeness (QED) is 0.581. The fraction of sp³-hybridized carbons (Fsp3) is 0.125. The highest BCUT2D eigenvalue weighted by Crippen LogP contribution is 2.17. The molecule has 0 aliphatic heterocycles. The Hall–Kier alpha value is -1.22. The van der Waals surface area contributed by atoms with Gasteiger partial charge in [0.15, 0.2) is 0 Å². The monoisotopic (exact) mass is 179 g/mol. The molecular formula is C8H6ClN3. The fourth-order valence-corrected chi connectivity index (χ4v) is 1.22. The molecule has 0 fully saturated rings. The van der Waals surface area contributed by atoms with Gasteiger partial charge >= 0.3 is 0 Å². The molecule has 0 N–H and O–H groups in total. The first-order valence-corrected chi connectivity index (χ1v) is 3.89. The van der Waals surface area contributed by atoms with E-state index in [1.54, 1.807) is 12.4 Å². The van der Waals surface area contributed by atoms with Gasteiger partial charge in [-0.05, 0) is 13.0 Å². The molecule has 3 nitrogen and oxygen atoms in total. The molecule has 0 aliphatic rings. The SMILES string of the molecule is Cc1ncc2c(Cl)nccc2n1. The third-order valence-electron chi connectivity index (χ3n) is 1.58. The Bertz CT molecular complexity index is 428. The third kappa shape index (κ3) is 1.12. The molecule has 0 atom stereocenters. The standard InChI is InChI=1S/C8H6ClN3/c1-5-11-4-6-7(12-5)2-3-10-8(6)9/h2-4H,1H3. The van der Waals surface area contributed by atoms with Gasteiger partial charge in [0.2, 0.25) is 0 Å². The van der Waals surface area contributed by atoms with Crippen LogP contribution in [-0.4, -0.2) is 15.0 Å². The number of aromatic nitrogens is 3. The van der Waals surface area contributed by atoms with Crippen molar-refractivity contribution in [3.63, 3.8) is 0 Å². The summed E-state index contributed by atoms with van der Waals surface area (Å²) < 4.78 is 0. The number of halogens is 1. The highest BCUT2D eigenvalue weighted by atomic mass is 35.5. The fourth-order valence-electron chi connectivity index (χ4n) is 1.02. The maximum absolute atomic E-state index is 5.82. The number of hydrogen-bond donors (Lipinski definition) is 0. The maximum Gasteiger partial charge on any atom is 0.139 e. The zero-order valence-corrected chi connectivity index (χ0v) is 7.21. The predicted molar refractivity (Wildman–Crippen MR) is 47.1 cm³/mol. The molecule has 4 heteroatoms. The van der Waals surface area contributed by atoms with Crippen molar-refractivity contribution in [2.45, 2.75) is 6.92 Å². The number of hydrogen-bond acceptors (Lipinski definition) is 3. The molecule has 0 unspecified atom stereocenters. The van der Waals surface area contributed by atoms with Crippen molar-refractivity contribution >= 4 is 22.5 Å². The van der Waals surface area contributed by atoms with Gasteiger partial charge in [0, 0.05) is 12.4 Å². The van der Waals surface area contributed by atoms with Crippen molar-refractivity contribution < 1.29 is 0 Å². The molecule has 0 aromatic carbocycles. The maximum atomic E-state index is 5.82. The molecule has 0 saturated heterocycles. The summed E-state index contributed by atoms with van der Waals surface area (Å²) in [4.78, 5) is 12.2. The van der Waals surface area contributed by atoms with E-state index in [4.69, 9.17) is 11.6 Å². The number of aryl methyl sites for hydroxylation is 1. The van der Waals surface area contributed by atoms with Crippen LogP contribution in [0.1, 0.15) is 5.82 Å². The predicted octanol–water partition coefficient (Wildman–Crippen LogP) is 1.99. The Morgan fingerprint density at radius 3 is 3.00 bits per heavy atom. The summed E-state index contributed by atoms with van der Waals surface area (Å²) in [6.07, 6.45) is 3.32. The van der Waals surface area contributed by atoms with Crippen LogP contribution in [-0.2, 0) is 0 Å². The average molecular weight is 180 g/mol. The molecule has 0 aliphatic carbocycles. The highest BCUT2D eigenvalue weighted by molar-refractivity contribution is 6.33. The summed E-state index contributed by atoms with van der Waals surface area (Å²) in [7, 11) is 0. The van der Waals surface area contributed by atoms with Gasteiger partial charge in [-0.25, -0.2) is 15.0 Å². The zero-order valence-electron chi connectivity index (χ0n) is 6.45. The van der Waals surface area contributed by atoms with E-state index >= 15 is 0 Å². The normalized spacial score (nSPS) is 10.5. The molecule has 12 heavy (non-hydrogen) atoms. The minimum Gasteiger partial charge on any atom is -0.244 e. The van der Waals surface area contributed by atoms with E-state index in [9.17, 15) is 0 Å². The molecule has 0 bridgehead atoms. The molecular weight excluding hydrogens is 174 g/mol. The van der Waals surface area contributed by atoms with Crippen molar-refractivity contribution in [1.82, 2.24) is 15.0 Å². The van der Waals surface area contributed by atoms with Gasteiger partial charge in [-0.3, -0.25) is 0 Å². The highest BCUT2D eigenvalue weighted by Gasteiger charge is 2.00. The second-order valence-electron chi connectivity index (χ2n) is 2.45. The molecule has 0 spiro atoms. The van der Waals surface area contributed by atoms with Crippen LogP contribution in [0.2, 0.25) is 5.15 Å². The van der Waals surface area contributed by atoms with Gasteiger partial charge in [0.25, 0.3) is 0 Å². The van der Waals surface area contributed by atoms with E-state index in [0.29, 0.717) is 5.15 Å². The van der Waals surface area contributed by atoms with Gasteiger partial charge in [0.05, 0.1) is 10.9 Å². The minimum atomic E-state index is 0.451. The van der Waals surface area contributed by atoms with E-state index in [2.05, 4.69) is 15.0 Å². The summed E-state index contributed by atoms with van der Waals surface area (Å²) in [5.41, 5.74) is 0.836. The number of nitrogens with zero attached hydrogens (tertiary/aromatic N) is 3. The Labute approximate surface area is 74.4 Å². The zero-order chi connectivity index (χ0) is 8.55. The number of rotatable bonds is 0. The topological polar surface area (TPSA) is 38.7 Å². The first-order valence-electron chi connectivity index (χ1n) is 3.51. The van der Waals surface area contributed by atoms with Gasteiger partial charge in [-0.1, -0.05) is 11.6 Å². The van der Waals surface area contributed by atoms with Crippen molar-refractivity contribution in [2.24, 2.45) is 0 Å². The van der Waals surface area contributed by atoms with Gasteiger partial charge in [0.1, 0.15) is 11.0 Å². The van der Waals surface area contributed by atoms with Crippen LogP contribution in [0, 0.1) is 6.92 Å². The Balaban J connectivity index is 2.86.